The minimum Gasteiger partial charge on any atom is -0.396 e. The average Bonchev–Trinajstić information content (AvgIpc) is 2.36. The number of amides is 1. The number of aliphatic hydroxyl groups excluding tert-OH is 1. The van der Waals surface area contributed by atoms with Gasteiger partial charge >= 0.3 is 0 Å². The molecular formula is C11H13Cl3N2O3. The molecule has 0 fully saturated rings. The highest BCUT2D eigenvalue weighted by Gasteiger charge is 2.19. The van der Waals surface area contributed by atoms with Crippen LogP contribution in [0.4, 0.5) is 0 Å². The van der Waals surface area contributed by atoms with E-state index in [1.54, 1.807) is 0 Å². The van der Waals surface area contributed by atoms with E-state index in [0.717, 1.165) is 0 Å². The summed E-state index contributed by atoms with van der Waals surface area (Å²) >= 11 is 17.5. The van der Waals surface area contributed by atoms with E-state index >= 15 is 0 Å². The van der Waals surface area contributed by atoms with Gasteiger partial charge in [0.1, 0.15) is 5.69 Å². The van der Waals surface area contributed by atoms with Gasteiger partial charge in [-0.3, -0.25) is 4.79 Å². The lowest BCUT2D eigenvalue weighted by molar-refractivity contribution is 0.0874. The zero-order valence-electron chi connectivity index (χ0n) is 10.1. The molecule has 0 bridgehead atoms. The summed E-state index contributed by atoms with van der Waals surface area (Å²) < 4.78 is 4.94. The summed E-state index contributed by atoms with van der Waals surface area (Å²) in [7, 11) is 1.50. The third kappa shape index (κ3) is 4.47. The van der Waals surface area contributed by atoms with Gasteiger partial charge in [-0.1, -0.05) is 34.8 Å². The smallest absolute Gasteiger partial charge is 0.271 e. The molecule has 8 heteroatoms. The van der Waals surface area contributed by atoms with Crippen LogP contribution >= 0.6 is 34.8 Å². The molecule has 1 aromatic heterocycles. The van der Waals surface area contributed by atoms with Crippen molar-refractivity contribution in [3.05, 3.63) is 27.0 Å². The van der Waals surface area contributed by atoms with Crippen LogP contribution in [-0.2, 0) is 4.74 Å². The van der Waals surface area contributed by atoms with Crippen molar-refractivity contribution in [3.8, 4) is 0 Å². The SMILES string of the molecule is COCC(CCO)NC(=O)c1ncc(Cl)c(Cl)c1Cl. The van der Waals surface area contributed by atoms with Gasteiger partial charge in [0, 0.05) is 19.9 Å². The fraction of sp³-hybridized carbons (Fsp3) is 0.455. The van der Waals surface area contributed by atoms with Crippen molar-refractivity contribution in [2.45, 2.75) is 12.5 Å². The Morgan fingerprint density at radius 1 is 1.47 bits per heavy atom. The predicted octanol–water partition coefficient (Wildman–Crippen LogP) is 2.17. The maximum Gasteiger partial charge on any atom is 0.271 e. The predicted molar refractivity (Wildman–Crippen MR) is 74.1 cm³/mol. The summed E-state index contributed by atoms with van der Waals surface area (Å²) in [5.41, 5.74) is -0.0184. The van der Waals surface area contributed by atoms with Crippen LogP contribution in [0.25, 0.3) is 0 Å². The summed E-state index contributed by atoms with van der Waals surface area (Å²) in [6.07, 6.45) is 1.61. The van der Waals surface area contributed by atoms with E-state index in [1.807, 2.05) is 0 Å². The molecule has 1 heterocycles. The van der Waals surface area contributed by atoms with Gasteiger partial charge in [0.05, 0.1) is 27.7 Å². The average molecular weight is 328 g/mol. The highest BCUT2D eigenvalue weighted by atomic mass is 35.5. The second-order valence-electron chi connectivity index (χ2n) is 3.72. The van der Waals surface area contributed by atoms with Gasteiger partial charge in [-0.15, -0.1) is 0 Å². The first-order valence-corrected chi connectivity index (χ1v) is 6.54. The number of rotatable bonds is 6. The van der Waals surface area contributed by atoms with Crippen molar-refractivity contribution < 1.29 is 14.6 Å². The summed E-state index contributed by atoms with van der Waals surface area (Å²) in [5.74, 6) is -0.501. The second-order valence-corrected chi connectivity index (χ2v) is 4.88. The molecule has 0 aromatic carbocycles. The van der Waals surface area contributed by atoms with Crippen LogP contribution in [0.3, 0.4) is 0 Å². The van der Waals surface area contributed by atoms with Crippen molar-refractivity contribution >= 4 is 40.7 Å². The number of aliphatic hydroxyl groups is 1. The normalized spacial score (nSPS) is 12.3. The van der Waals surface area contributed by atoms with Crippen LogP contribution < -0.4 is 5.32 Å². The van der Waals surface area contributed by atoms with Crippen LogP contribution in [0, 0.1) is 0 Å². The van der Waals surface area contributed by atoms with E-state index in [4.69, 9.17) is 44.6 Å². The fourth-order valence-electron chi connectivity index (χ4n) is 1.41. The van der Waals surface area contributed by atoms with Gasteiger partial charge in [-0.2, -0.15) is 0 Å². The number of nitrogens with one attached hydrogen (secondary N) is 1. The number of methoxy groups -OCH3 is 1. The van der Waals surface area contributed by atoms with Gasteiger partial charge in [-0.25, -0.2) is 4.98 Å². The van der Waals surface area contributed by atoms with Crippen molar-refractivity contribution in [1.82, 2.24) is 10.3 Å². The van der Waals surface area contributed by atoms with E-state index in [1.165, 1.54) is 13.3 Å². The molecule has 1 amide bonds. The van der Waals surface area contributed by atoms with E-state index in [0.29, 0.717) is 6.42 Å². The first-order valence-electron chi connectivity index (χ1n) is 5.41. The van der Waals surface area contributed by atoms with Crippen LogP contribution in [0.2, 0.25) is 15.1 Å². The van der Waals surface area contributed by atoms with Gasteiger partial charge in [0.2, 0.25) is 0 Å². The third-order valence-corrected chi connectivity index (χ3v) is 3.55. The quantitative estimate of drug-likeness (QED) is 0.840. The van der Waals surface area contributed by atoms with Crippen molar-refractivity contribution in [2.75, 3.05) is 20.3 Å². The molecule has 0 saturated carbocycles. The minimum atomic E-state index is -0.501. The molecule has 106 valence electrons. The Kier molecular flexibility index (Phi) is 6.82. The number of halogens is 3. The summed E-state index contributed by atoms with van der Waals surface area (Å²) in [6, 6.07) is -0.338. The maximum atomic E-state index is 12.0. The molecule has 0 aliphatic rings. The summed E-state index contributed by atoms with van der Waals surface area (Å²) in [6.45, 7) is 0.197. The van der Waals surface area contributed by atoms with Gasteiger partial charge in [0.25, 0.3) is 5.91 Å². The minimum absolute atomic E-state index is 0.00756. The lowest BCUT2D eigenvalue weighted by atomic mass is 10.2. The Morgan fingerprint density at radius 2 is 2.16 bits per heavy atom. The van der Waals surface area contributed by atoms with Crippen LogP contribution in [-0.4, -0.2) is 42.4 Å². The largest absolute Gasteiger partial charge is 0.396 e. The highest BCUT2D eigenvalue weighted by molar-refractivity contribution is 6.48. The van der Waals surface area contributed by atoms with Crippen molar-refractivity contribution in [2.24, 2.45) is 0 Å². The van der Waals surface area contributed by atoms with Crippen LogP contribution in [0.5, 0.6) is 0 Å². The molecule has 0 saturated heterocycles. The Hall–Kier alpha value is -0.590. The zero-order valence-corrected chi connectivity index (χ0v) is 12.4. The summed E-state index contributed by atoms with van der Waals surface area (Å²) in [5, 5.41) is 11.8. The molecule has 0 radical (unpaired) electrons. The second kappa shape index (κ2) is 7.87. The van der Waals surface area contributed by atoms with E-state index < -0.39 is 5.91 Å². The van der Waals surface area contributed by atoms with Crippen molar-refractivity contribution in [3.63, 3.8) is 0 Å². The topological polar surface area (TPSA) is 71.5 Å². The number of carbonyl (C=O) groups excluding carboxylic acids is 1. The Labute approximate surface area is 125 Å². The Balaban J connectivity index is 2.85. The van der Waals surface area contributed by atoms with Gasteiger partial charge < -0.3 is 15.2 Å². The van der Waals surface area contributed by atoms with E-state index in [-0.39, 0.29) is 40.0 Å². The molecule has 1 aromatic rings. The Bertz CT molecular complexity index is 451. The van der Waals surface area contributed by atoms with Gasteiger partial charge in [-0.05, 0) is 6.42 Å². The van der Waals surface area contributed by atoms with E-state index in [9.17, 15) is 4.79 Å². The number of pyridine rings is 1. The molecule has 0 aliphatic heterocycles. The number of nitrogens with zero attached hydrogens (tertiary/aromatic N) is 1. The fourth-order valence-corrected chi connectivity index (χ4v) is 1.98. The highest BCUT2D eigenvalue weighted by Crippen LogP contribution is 2.30. The maximum absolute atomic E-state index is 12.0. The van der Waals surface area contributed by atoms with Gasteiger partial charge in [0.15, 0.2) is 0 Å². The number of ether oxygens (including phenoxy) is 1. The monoisotopic (exact) mass is 326 g/mol. The number of hydrogen-bond acceptors (Lipinski definition) is 4. The molecular weight excluding hydrogens is 314 g/mol. The number of hydrogen-bond donors (Lipinski definition) is 2. The molecule has 19 heavy (non-hydrogen) atoms. The molecule has 2 N–H and O–H groups in total. The lowest BCUT2D eigenvalue weighted by Gasteiger charge is -2.17. The molecule has 1 unspecified atom stereocenters. The number of carbonyl (C=O) groups is 1. The molecule has 5 nitrogen and oxygen atoms in total. The lowest BCUT2D eigenvalue weighted by Crippen LogP contribution is -2.39. The van der Waals surface area contributed by atoms with Crippen molar-refractivity contribution in [1.29, 1.82) is 0 Å². The van der Waals surface area contributed by atoms with Crippen LogP contribution in [0.1, 0.15) is 16.9 Å². The first kappa shape index (κ1) is 16.5. The number of aromatic nitrogens is 1. The molecule has 0 spiro atoms. The molecule has 0 aliphatic carbocycles. The van der Waals surface area contributed by atoms with E-state index in [2.05, 4.69) is 10.3 Å². The third-order valence-electron chi connectivity index (χ3n) is 2.31. The summed E-state index contributed by atoms with van der Waals surface area (Å²) in [4.78, 5) is 15.8. The Morgan fingerprint density at radius 3 is 2.74 bits per heavy atom. The first-order chi connectivity index (χ1) is 9.01. The molecule has 1 atom stereocenters. The molecule has 1 rings (SSSR count). The standard InChI is InChI=1S/C11H13Cl3N2O3/c1-19-5-6(2-3-17)16-11(18)10-9(14)8(13)7(12)4-15-10/h4,6,17H,2-3,5H2,1H3,(H,16,18). The zero-order chi connectivity index (χ0) is 14.4. The van der Waals surface area contributed by atoms with Crippen LogP contribution in [0.15, 0.2) is 6.20 Å².